The molecule has 5 nitrogen and oxygen atoms in total. The highest BCUT2D eigenvalue weighted by Gasteiger charge is 2.47. The van der Waals surface area contributed by atoms with Gasteiger partial charge in [-0.25, -0.2) is 4.68 Å². The van der Waals surface area contributed by atoms with Crippen LogP contribution in [0.5, 0.6) is 0 Å². The van der Waals surface area contributed by atoms with Crippen LogP contribution in [-0.4, -0.2) is 21.9 Å². The van der Waals surface area contributed by atoms with E-state index < -0.39 is 47.3 Å². The fraction of sp³-hybridized carbons (Fsp3) is 0.273. The van der Waals surface area contributed by atoms with Gasteiger partial charge in [-0.15, -0.1) is 0 Å². The van der Waals surface area contributed by atoms with E-state index in [2.05, 4.69) is 15.7 Å². The van der Waals surface area contributed by atoms with Crippen LogP contribution in [0.4, 0.5) is 37.8 Å². The van der Waals surface area contributed by atoms with Crippen LogP contribution in [0.25, 0.3) is 0 Å². The molecule has 1 aromatic heterocycles. The van der Waals surface area contributed by atoms with E-state index in [0.29, 0.717) is 10.2 Å². The molecule has 0 bridgehead atoms. The molecule has 2 atom stereocenters. The Balaban J connectivity index is 1.65. The van der Waals surface area contributed by atoms with E-state index >= 15 is 0 Å². The van der Waals surface area contributed by atoms with E-state index in [9.17, 15) is 31.1 Å². The average Bonchev–Trinajstić information content (AvgIpc) is 3.17. The van der Waals surface area contributed by atoms with Gasteiger partial charge in [0.2, 0.25) is 0 Å². The number of benzene rings is 2. The quantitative estimate of drug-likeness (QED) is 0.455. The standard InChI is InChI=1S/C22H18F6N4O/c1-12-6-8-13(9-7-12)16-10-18(22(26,27)28)32-19(29-16)11-17(31-32)20(33)30-15-5-3-2-4-14(15)21(23,24)25/h2-9,11,16,18,29H,10H2,1H3,(H,30,33). The molecule has 2 heterocycles. The van der Waals surface area contributed by atoms with Crippen molar-refractivity contribution in [2.24, 2.45) is 0 Å². The van der Waals surface area contributed by atoms with Crippen LogP contribution >= 0.6 is 0 Å². The van der Waals surface area contributed by atoms with Crippen molar-refractivity contribution >= 4 is 17.4 Å². The average molecular weight is 468 g/mol. The molecule has 1 aliphatic heterocycles. The van der Waals surface area contributed by atoms with Gasteiger partial charge in [0.25, 0.3) is 5.91 Å². The minimum absolute atomic E-state index is 0.0524. The van der Waals surface area contributed by atoms with Gasteiger partial charge in [0.1, 0.15) is 5.82 Å². The normalized spacial score (nSPS) is 18.4. The molecule has 1 amide bonds. The minimum atomic E-state index is -4.72. The number of carbonyl (C=O) groups excluding carboxylic acids is 1. The molecule has 11 heteroatoms. The third kappa shape index (κ3) is 4.67. The van der Waals surface area contributed by atoms with E-state index in [-0.39, 0.29) is 12.2 Å². The summed E-state index contributed by atoms with van der Waals surface area (Å²) in [6.45, 7) is 1.85. The minimum Gasteiger partial charge on any atom is -0.363 e. The summed E-state index contributed by atoms with van der Waals surface area (Å²) >= 11 is 0. The molecule has 4 rings (SSSR count). The van der Waals surface area contributed by atoms with Crippen LogP contribution in [0.1, 0.15) is 45.7 Å². The highest BCUT2D eigenvalue weighted by Crippen LogP contribution is 2.43. The monoisotopic (exact) mass is 468 g/mol. The lowest BCUT2D eigenvalue weighted by molar-refractivity contribution is -0.173. The maximum absolute atomic E-state index is 13.8. The number of halogens is 6. The number of hydrogen-bond donors (Lipinski definition) is 2. The predicted octanol–water partition coefficient (Wildman–Crippen LogP) is 6.12. The van der Waals surface area contributed by atoms with Gasteiger partial charge in [-0.1, -0.05) is 42.0 Å². The first kappa shape index (κ1) is 22.7. The second-order valence-electron chi connectivity index (χ2n) is 7.76. The number of aromatic nitrogens is 2. The van der Waals surface area contributed by atoms with E-state index in [1.165, 1.54) is 6.07 Å². The fourth-order valence-corrected chi connectivity index (χ4v) is 3.73. The first-order valence-electron chi connectivity index (χ1n) is 9.90. The second-order valence-corrected chi connectivity index (χ2v) is 7.76. The topological polar surface area (TPSA) is 59.0 Å². The molecule has 174 valence electrons. The van der Waals surface area contributed by atoms with Gasteiger partial charge >= 0.3 is 12.4 Å². The number of anilines is 2. The van der Waals surface area contributed by atoms with Crippen LogP contribution in [0, 0.1) is 6.92 Å². The maximum Gasteiger partial charge on any atom is 0.418 e. The number of aryl methyl sites for hydroxylation is 1. The number of amides is 1. The molecule has 2 N–H and O–H groups in total. The Morgan fingerprint density at radius 3 is 2.36 bits per heavy atom. The van der Waals surface area contributed by atoms with Crippen molar-refractivity contribution in [2.75, 3.05) is 10.6 Å². The summed E-state index contributed by atoms with van der Waals surface area (Å²) in [6.07, 6.45) is -9.73. The Bertz CT molecular complexity index is 1170. The Morgan fingerprint density at radius 1 is 1.06 bits per heavy atom. The summed E-state index contributed by atoms with van der Waals surface area (Å²) < 4.78 is 81.6. The number of nitrogens with one attached hydrogen (secondary N) is 2. The number of hydrogen-bond acceptors (Lipinski definition) is 3. The smallest absolute Gasteiger partial charge is 0.363 e. The highest BCUT2D eigenvalue weighted by molar-refractivity contribution is 6.03. The summed E-state index contributed by atoms with van der Waals surface area (Å²) in [7, 11) is 0. The largest absolute Gasteiger partial charge is 0.418 e. The van der Waals surface area contributed by atoms with Crippen molar-refractivity contribution in [1.82, 2.24) is 9.78 Å². The second kappa shape index (κ2) is 8.13. The van der Waals surface area contributed by atoms with Crippen LogP contribution in [-0.2, 0) is 6.18 Å². The summed E-state index contributed by atoms with van der Waals surface area (Å²) in [5, 5.41) is 8.82. The SMILES string of the molecule is Cc1ccc(C2CC(C(F)(F)F)n3nc(C(=O)Nc4ccccc4C(F)(F)F)cc3N2)cc1. The number of alkyl halides is 6. The molecule has 3 aromatic rings. The van der Waals surface area contributed by atoms with Crippen molar-refractivity contribution in [1.29, 1.82) is 0 Å². The molecule has 0 saturated carbocycles. The van der Waals surface area contributed by atoms with Gasteiger partial charge in [-0.3, -0.25) is 4.79 Å². The van der Waals surface area contributed by atoms with Gasteiger partial charge in [-0.05, 0) is 24.6 Å². The van der Waals surface area contributed by atoms with Crippen LogP contribution in [0.3, 0.4) is 0 Å². The van der Waals surface area contributed by atoms with E-state index in [1.54, 1.807) is 24.3 Å². The molecule has 2 unspecified atom stereocenters. The number of carbonyl (C=O) groups is 1. The molecule has 2 aromatic carbocycles. The lowest BCUT2D eigenvalue weighted by atomic mass is 9.96. The maximum atomic E-state index is 13.8. The third-order valence-corrected chi connectivity index (χ3v) is 5.38. The van der Waals surface area contributed by atoms with Crippen LogP contribution in [0.15, 0.2) is 54.6 Å². The number of nitrogens with zero attached hydrogens (tertiary/aromatic N) is 2. The van der Waals surface area contributed by atoms with E-state index in [1.807, 2.05) is 6.92 Å². The summed E-state index contributed by atoms with van der Waals surface area (Å²) in [6, 6.07) is 9.71. The molecular weight excluding hydrogens is 450 g/mol. The molecule has 0 radical (unpaired) electrons. The lowest BCUT2D eigenvalue weighted by Gasteiger charge is -2.33. The van der Waals surface area contributed by atoms with Gasteiger partial charge in [0.15, 0.2) is 11.7 Å². The molecule has 0 spiro atoms. The first-order valence-corrected chi connectivity index (χ1v) is 9.90. The van der Waals surface area contributed by atoms with Crippen LogP contribution in [0.2, 0.25) is 0 Å². The number of fused-ring (bicyclic) bond motifs is 1. The van der Waals surface area contributed by atoms with Gasteiger partial charge in [0.05, 0.1) is 17.3 Å². The first-order chi connectivity index (χ1) is 15.4. The van der Waals surface area contributed by atoms with Gasteiger partial charge < -0.3 is 10.6 Å². The zero-order chi connectivity index (χ0) is 24.0. The summed E-state index contributed by atoms with van der Waals surface area (Å²) in [5.41, 5.74) is -0.447. The molecule has 0 saturated heterocycles. The van der Waals surface area contributed by atoms with Crippen molar-refractivity contribution in [3.05, 3.63) is 77.0 Å². The molecular formula is C22H18F6N4O. The molecule has 0 fully saturated rings. The Hall–Kier alpha value is -3.50. The summed E-state index contributed by atoms with van der Waals surface area (Å²) in [4.78, 5) is 12.6. The lowest BCUT2D eigenvalue weighted by Crippen LogP contribution is -2.35. The molecule has 0 aliphatic carbocycles. The zero-order valence-electron chi connectivity index (χ0n) is 17.1. The Morgan fingerprint density at radius 2 is 1.73 bits per heavy atom. The Labute approximate surface area is 184 Å². The van der Waals surface area contributed by atoms with Crippen molar-refractivity contribution in [2.45, 2.75) is 37.8 Å². The fourth-order valence-electron chi connectivity index (χ4n) is 3.73. The Kier molecular flexibility index (Phi) is 5.59. The summed E-state index contributed by atoms with van der Waals surface area (Å²) in [5.74, 6) is -1.10. The van der Waals surface area contributed by atoms with Gasteiger partial charge in [-0.2, -0.15) is 31.4 Å². The van der Waals surface area contributed by atoms with Crippen molar-refractivity contribution < 1.29 is 31.1 Å². The molecule has 1 aliphatic rings. The molecule has 33 heavy (non-hydrogen) atoms. The van der Waals surface area contributed by atoms with E-state index in [4.69, 9.17) is 0 Å². The predicted molar refractivity (Wildman–Crippen MR) is 109 cm³/mol. The van der Waals surface area contributed by atoms with Crippen LogP contribution < -0.4 is 10.6 Å². The third-order valence-electron chi connectivity index (χ3n) is 5.38. The highest BCUT2D eigenvalue weighted by atomic mass is 19.4. The van der Waals surface area contributed by atoms with E-state index in [0.717, 1.165) is 29.8 Å². The number of para-hydroxylation sites is 1. The van der Waals surface area contributed by atoms with Gasteiger partial charge in [0, 0.05) is 12.5 Å². The number of rotatable bonds is 3. The zero-order valence-corrected chi connectivity index (χ0v) is 17.1. The van der Waals surface area contributed by atoms with Crippen molar-refractivity contribution in [3.8, 4) is 0 Å². The van der Waals surface area contributed by atoms with Crippen molar-refractivity contribution in [3.63, 3.8) is 0 Å².